The number of anilines is 1. The molecule has 1 heterocycles. The number of rotatable bonds is 2. The van der Waals surface area contributed by atoms with Gasteiger partial charge in [-0.05, 0) is 6.07 Å². The molecular formula is C6H11N5O. The topological polar surface area (TPSA) is 100 Å². The quantitative estimate of drug-likeness (QED) is 0.334. The van der Waals surface area contributed by atoms with Crippen molar-refractivity contribution in [3.63, 3.8) is 0 Å². The molecule has 0 saturated carbocycles. The first-order chi connectivity index (χ1) is 5.66. The lowest BCUT2D eigenvalue weighted by molar-refractivity contribution is 0.0959. The summed E-state index contributed by atoms with van der Waals surface area (Å²) in [5.74, 6) is 10.3. The van der Waals surface area contributed by atoms with Gasteiger partial charge in [0.25, 0.3) is 5.91 Å². The van der Waals surface area contributed by atoms with Crippen LogP contribution in [0.3, 0.4) is 0 Å². The van der Waals surface area contributed by atoms with E-state index in [0.717, 1.165) is 5.12 Å². The Kier molecular flexibility index (Phi) is 2.32. The Bertz CT molecular complexity index is 279. The van der Waals surface area contributed by atoms with Gasteiger partial charge in [0.1, 0.15) is 11.4 Å². The molecule has 0 aromatic carbocycles. The molecule has 1 rings (SSSR count). The predicted octanol–water partition coefficient (Wildman–Crippen LogP) is -1.07. The maximum atomic E-state index is 11.1. The standard InChI is InChI=1S/C6H11N5O/c1-9-6(12)5-4(11(7)8)2-3-10-5/h2-3,10H,7-8H2,1H3,(H,9,12). The van der Waals surface area contributed by atoms with E-state index < -0.39 is 0 Å². The second-order valence-electron chi connectivity index (χ2n) is 2.22. The summed E-state index contributed by atoms with van der Waals surface area (Å²) in [5, 5.41) is 3.34. The molecule has 12 heavy (non-hydrogen) atoms. The maximum Gasteiger partial charge on any atom is 0.269 e. The number of hydrazine groups is 2. The third-order valence-corrected chi connectivity index (χ3v) is 1.46. The van der Waals surface area contributed by atoms with Crippen LogP contribution < -0.4 is 22.1 Å². The number of aromatic nitrogens is 1. The molecule has 0 bridgehead atoms. The van der Waals surface area contributed by atoms with Gasteiger partial charge < -0.3 is 10.3 Å². The molecule has 66 valence electrons. The molecule has 1 aromatic rings. The molecule has 6 heteroatoms. The van der Waals surface area contributed by atoms with Crippen molar-refractivity contribution in [1.82, 2.24) is 10.3 Å². The van der Waals surface area contributed by atoms with Crippen LogP contribution in [0.15, 0.2) is 12.3 Å². The Morgan fingerprint density at radius 3 is 2.83 bits per heavy atom. The zero-order chi connectivity index (χ0) is 9.14. The fourth-order valence-corrected chi connectivity index (χ4v) is 0.883. The van der Waals surface area contributed by atoms with Crippen molar-refractivity contribution in [2.24, 2.45) is 11.7 Å². The number of amides is 1. The minimum Gasteiger partial charge on any atom is -0.355 e. The van der Waals surface area contributed by atoms with Gasteiger partial charge in [0, 0.05) is 13.2 Å². The Balaban J connectivity index is 2.99. The molecule has 6 nitrogen and oxygen atoms in total. The van der Waals surface area contributed by atoms with E-state index in [1.807, 2.05) is 0 Å². The van der Waals surface area contributed by atoms with Crippen LogP contribution in [0, 0.1) is 0 Å². The number of nitrogens with one attached hydrogen (secondary N) is 2. The van der Waals surface area contributed by atoms with E-state index in [9.17, 15) is 4.79 Å². The summed E-state index contributed by atoms with van der Waals surface area (Å²) in [6, 6.07) is 1.62. The van der Waals surface area contributed by atoms with Crippen molar-refractivity contribution >= 4 is 11.6 Å². The molecule has 1 aromatic heterocycles. The normalized spacial score (nSPS) is 9.58. The van der Waals surface area contributed by atoms with Gasteiger partial charge in [-0.25, -0.2) is 16.8 Å². The molecular weight excluding hydrogens is 158 g/mol. The minimum absolute atomic E-state index is 0.254. The van der Waals surface area contributed by atoms with E-state index >= 15 is 0 Å². The summed E-state index contributed by atoms with van der Waals surface area (Å²) in [6.07, 6.45) is 1.59. The summed E-state index contributed by atoms with van der Waals surface area (Å²) in [5.41, 5.74) is 0.803. The van der Waals surface area contributed by atoms with E-state index in [2.05, 4.69) is 10.3 Å². The highest BCUT2D eigenvalue weighted by Gasteiger charge is 2.12. The van der Waals surface area contributed by atoms with Gasteiger partial charge in [0.2, 0.25) is 0 Å². The number of nitrogens with two attached hydrogens (primary N) is 2. The average molecular weight is 169 g/mol. The first kappa shape index (κ1) is 8.57. The van der Waals surface area contributed by atoms with Crippen molar-refractivity contribution in [2.75, 3.05) is 12.2 Å². The van der Waals surface area contributed by atoms with Crippen molar-refractivity contribution in [2.45, 2.75) is 0 Å². The molecule has 0 saturated heterocycles. The van der Waals surface area contributed by atoms with Gasteiger partial charge in [0.15, 0.2) is 0 Å². The molecule has 0 unspecified atom stereocenters. The van der Waals surface area contributed by atoms with E-state index in [4.69, 9.17) is 11.7 Å². The lowest BCUT2D eigenvalue weighted by Crippen LogP contribution is -2.39. The zero-order valence-corrected chi connectivity index (χ0v) is 6.66. The van der Waals surface area contributed by atoms with Crippen LogP contribution in [-0.2, 0) is 0 Å². The van der Waals surface area contributed by atoms with E-state index in [-0.39, 0.29) is 5.91 Å². The Labute approximate surface area is 69.5 Å². The molecule has 0 atom stereocenters. The smallest absolute Gasteiger partial charge is 0.269 e. The summed E-state index contributed by atoms with van der Waals surface area (Å²) in [6.45, 7) is 0. The van der Waals surface area contributed by atoms with Gasteiger partial charge in [-0.1, -0.05) is 0 Å². The maximum absolute atomic E-state index is 11.1. The molecule has 0 aliphatic heterocycles. The minimum atomic E-state index is -0.254. The Morgan fingerprint density at radius 1 is 1.67 bits per heavy atom. The van der Waals surface area contributed by atoms with Gasteiger partial charge >= 0.3 is 0 Å². The molecule has 0 spiro atoms. The van der Waals surface area contributed by atoms with Crippen LogP contribution in [0.4, 0.5) is 5.69 Å². The van der Waals surface area contributed by atoms with Crippen LogP contribution in [-0.4, -0.2) is 17.9 Å². The van der Waals surface area contributed by atoms with E-state index in [1.165, 1.54) is 7.05 Å². The van der Waals surface area contributed by atoms with Gasteiger partial charge in [-0.15, -0.1) is 0 Å². The molecule has 0 radical (unpaired) electrons. The predicted molar refractivity (Wildman–Crippen MR) is 45.0 cm³/mol. The van der Waals surface area contributed by atoms with Crippen LogP contribution in [0.5, 0.6) is 0 Å². The third-order valence-electron chi connectivity index (χ3n) is 1.46. The monoisotopic (exact) mass is 169 g/mol. The number of carbonyl (C=O) groups is 1. The van der Waals surface area contributed by atoms with Gasteiger partial charge in [-0.3, -0.25) is 4.79 Å². The van der Waals surface area contributed by atoms with Crippen LogP contribution >= 0.6 is 0 Å². The third kappa shape index (κ3) is 1.39. The lowest BCUT2D eigenvalue weighted by Gasteiger charge is -2.10. The van der Waals surface area contributed by atoms with Crippen molar-refractivity contribution < 1.29 is 4.79 Å². The van der Waals surface area contributed by atoms with Crippen LogP contribution in [0.2, 0.25) is 0 Å². The highest BCUT2D eigenvalue weighted by molar-refractivity contribution is 5.97. The molecule has 0 aliphatic rings. The summed E-state index contributed by atoms with van der Waals surface area (Å²) >= 11 is 0. The largest absolute Gasteiger partial charge is 0.355 e. The fraction of sp³-hybridized carbons (Fsp3) is 0.167. The number of carbonyl (C=O) groups excluding carboxylic acids is 1. The van der Waals surface area contributed by atoms with Crippen molar-refractivity contribution in [1.29, 1.82) is 0 Å². The first-order valence-electron chi connectivity index (χ1n) is 3.35. The highest BCUT2D eigenvalue weighted by Crippen LogP contribution is 2.13. The average Bonchev–Trinajstić information content (AvgIpc) is 2.50. The number of H-pyrrole nitrogens is 1. The number of aromatic amines is 1. The molecule has 0 fully saturated rings. The number of hydrogen-bond donors (Lipinski definition) is 4. The summed E-state index contributed by atoms with van der Waals surface area (Å²) in [4.78, 5) is 13.8. The zero-order valence-electron chi connectivity index (χ0n) is 6.66. The number of nitrogens with zero attached hydrogens (tertiary/aromatic N) is 1. The molecule has 1 amide bonds. The van der Waals surface area contributed by atoms with Gasteiger partial charge in [-0.2, -0.15) is 0 Å². The summed E-state index contributed by atoms with van der Waals surface area (Å²) < 4.78 is 0. The second kappa shape index (κ2) is 3.24. The highest BCUT2D eigenvalue weighted by atomic mass is 16.1. The summed E-state index contributed by atoms with van der Waals surface area (Å²) in [7, 11) is 1.53. The van der Waals surface area contributed by atoms with Crippen LogP contribution in [0.25, 0.3) is 0 Å². The van der Waals surface area contributed by atoms with Crippen molar-refractivity contribution in [3.8, 4) is 0 Å². The first-order valence-corrected chi connectivity index (χ1v) is 3.35. The lowest BCUT2D eigenvalue weighted by atomic mass is 10.3. The van der Waals surface area contributed by atoms with Crippen molar-refractivity contribution in [3.05, 3.63) is 18.0 Å². The van der Waals surface area contributed by atoms with E-state index in [0.29, 0.717) is 11.4 Å². The Hall–Kier alpha value is -1.53. The van der Waals surface area contributed by atoms with Gasteiger partial charge in [0.05, 0.1) is 0 Å². The second-order valence-corrected chi connectivity index (χ2v) is 2.22. The fourth-order valence-electron chi connectivity index (χ4n) is 0.883. The Morgan fingerprint density at radius 2 is 2.33 bits per heavy atom. The molecule has 6 N–H and O–H groups in total. The number of hydrogen-bond acceptors (Lipinski definition) is 4. The van der Waals surface area contributed by atoms with Crippen LogP contribution in [0.1, 0.15) is 10.5 Å². The van der Waals surface area contributed by atoms with E-state index in [1.54, 1.807) is 12.3 Å². The SMILES string of the molecule is CNC(=O)c1[nH]ccc1N(N)N. The molecule has 0 aliphatic carbocycles.